The second kappa shape index (κ2) is 7.70. The molecule has 0 fully saturated rings. The molecule has 21 heavy (non-hydrogen) atoms. The molecule has 1 unspecified atom stereocenters. The van der Waals surface area contributed by atoms with Crippen LogP contribution in [0, 0.1) is 0 Å². The number of hydrogen-bond acceptors (Lipinski definition) is 3. The van der Waals surface area contributed by atoms with E-state index in [0.717, 1.165) is 17.1 Å². The van der Waals surface area contributed by atoms with Crippen molar-refractivity contribution in [2.24, 2.45) is 5.73 Å². The molecular formula is C18H23NO2. The topological polar surface area (TPSA) is 44.5 Å². The van der Waals surface area contributed by atoms with Gasteiger partial charge in [0.05, 0.1) is 6.61 Å². The van der Waals surface area contributed by atoms with Crippen LogP contribution in [0.15, 0.2) is 48.5 Å². The molecule has 3 heteroatoms. The van der Waals surface area contributed by atoms with Gasteiger partial charge in [-0.05, 0) is 42.6 Å². The van der Waals surface area contributed by atoms with Gasteiger partial charge in [-0.3, -0.25) is 0 Å². The molecule has 0 aliphatic rings. The van der Waals surface area contributed by atoms with Gasteiger partial charge < -0.3 is 15.2 Å². The van der Waals surface area contributed by atoms with Gasteiger partial charge in [0.2, 0.25) is 0 Å². The highest BCUT2D eigenvalue weighted by Crippen LogP contribution is 2.27. The van der Waals surface area contributed by atoms with Crippen LogP contribution in [-0.2, 0) is 6.61 Å². The zero-order valence-corrected chi connectivity index (χ0v) is 12.7. The van der Waals surface area contributed by atoms with Crippen LogP contribution in [0.2, 0.25) is 0 Å². The van der Waals surface area contributed by atoms with Crippen LogP contribution in [0.3, 0.4) is 0 Å². The van der Waals surface area contributed by atoms with Crippen LogP contribution in [-0.4, -0.2) is 13.2 Å². The lowest BCUT2D eigenvalue weighted by atomic mass is 10.0. The Hall–Kier alpha value is -2.00. The Morgan fingerprint density at radius 2 is 1.57 bits per heavy atom. The standard InChI is InChI=1S/C18H23NO2/c1-3-20-17-6-4-5-7-18(17)21-13-15-8-10-16(11-9-15)14(2)12-19/h4-11,14H,3,12-13,19H2,1-2H3. The normalized spacial score (nSPS) is 12.0. The van der Waals surface area contributed by atoms with Crippen molar-refractivity contribution in [3.05, 3.63) is 59.7 Å². The second-order valence-electron chi connectivity index (χ2n) is 5.05. The van der Waals surface area contributed by atoms with E-state index < -0.39 is 0 Å². The van der Waals surface area contributed by atoms with E-state index >= 15 is 0 Å². The predicted molar refractivity (Wildman–Crippen MR) is 85.9 cm³/mol. The van der Waals surface area contributed by atoms with Gasteiger partial charge in [-0.25, -0.2) is 0 Å². The molecule has 0 spiro atoms. The largest absolute Gasteiger partial charge is 0.490 e. The van der Waals surface area contributed by atoms with Crippen molar-refractivity contribution < 1.29 is 9.47 Å². The first-order valence-electron chi connectivity index (χ1n) is 7.38. The maximum absolute atomic E-state index is 5.85. The van der Waals surface area contributed by atoms with Crippen LogP contribution in [0.1, 0.15) is 30.9 Å². The molecule has 2 aromatic carbocycles. The highest BCUT2D eigenvalue weighted by atomic mass is 16.5. The van der Waals surface area contributed by atoms with Crippen LogP contribution in [0.25, 0.3) is 0 Å². The minimum atomic E-state index is 0.388. The van der Waals surface area contributed by atoms with Crippen LogP contribution in [0.4, 0.5) is 0 Å². The Morgan fingerprint density at radius 1 is 0.952 bits per heavy atom. The van der Waals surface area contributed by atoms with E-state index in [-0.39, 0.29) is 0 Å². The van der Waals surface area contributed by atoms with Crippen molar-refractivity contribution >= 4 is 0 Å². The number of benzene rings is 2. The quantitative estimate of drug-likeness (QED) is 0.843. The zero-order chi connectivity index (χ0) is 15.1. The average Bonchev–Trinajstić information content (AvgIpc) is 2.54. The number of rotatable bonds is 7. The first kappa shape index (κ1) is 15.4. The molecule has 0 aromatic heterocycles. The number of para-hydroxylation sites is 2. The maximum atomic E-state index is 5.85. The van der Waals surface area contributed by atoms with Crippen molar-refractivity contribution in [2.45, 2.75) is 26.4 Å². The van der Waals surface area contributed by atoms with Crippen LogP contribution in [0.5, 0.6) is 11.5 Å². The van der Waals surface area contributed by atoms with Gasteiger partial charge >= 0.3 is 0 Å². The van der Waals surface area contributed by atoms with Crippen LogP contribution >= 0.6 is 0 Å². The SMILES string of the molecule is CCOc1ccccc1OCc1ccc(C(C)CN)cc1. The Kier molecular flexibility index (Phi) is 5.64. The van der Waals surface area contributed by atoms with Crippen molar-refractivity contribution in [1.29, 1.82) is 0 Å². The number of nitrogens with two attached hydrogens (primary N) is 1. The van der Waals surface area contributed by atoms with Gasteiger partial charge in [0.15, 0.2) is 11.5 Å². The second-order valence-corrected chi connectivity index (χ2v) is 5.05. The van der Waals surface area contributed by atoms with Gasteiger partial charge in [-0.15, -0.1) is 0 Å². The Morgan fingerprint density at radius 3 is 2.14 bits per heavy atom. The first-order valence-corrected chi connectivity index (χ1v) is 7.38. The van der Waals surface area contributed by atoms with E-state index in [0.29, 0.717) is 25.7 Å². The van der Waals surface area contributed by atoms with Crippen molar-refractivity contribution in [3.63, 3.8) is 0 Å². The Labute approximate surface area is 126 Å². The van der Waals surface area contributed by atoms with E-state index in [1.165, 1.54) is 5.56 Å². The summed E-state index contributed by atoms with van der Waals surface area (Å²) in [5.74, 6) is 1.95. The number of ether oxygens (including phenoxy) is 2. The summed E-state index contributed by atoms with van der Waals surface area (Å²) in [6, 6.07) is 16.1. The molecule has 1 atom stereocenters. The minimum absolute atomic E-state index is 0.388. The van der Waals surface area contributed by atoms with E-state index in [2.05, 4.69) is 31.2 Å². The van der Waals surface area contributed by atoms with Crippen LogP contribution < -0.4 is 15.2 Å². The third-order valence-electron chi connectivity index (χ3n) is 3.45. The number of hydrogen-bond donors (Lipinski definition) is 1. The molecule has 3 nitrogen and oxygen atoms in total. The highest BCUT2D eigenvalue weighted by Gasteiger charge is 2.05. The summed E-state index contributed by atoms with van der Waals surface area (Å²) in [6.45, 7) is 5.92. The summed E-state index contributed by atoms with van der Waals surface area (Å²) in [5, 5.41) is 0. The summed E-state index contributed by atoms with van der Waals surface area (Å²) in [4.78, 5) is 0. The fraction of sp³-hybridized carbons (Fsp3) is 0.333. The van der Waals surface area contributed by atoms with Gasteiger partial charge in [-0.1, -0.05) is 43.3 Å². The third-order valence-corrected chi connectivity index (χ3v) is 3.45. The summed E-state index contributed by atoms with van der Waals surface area (Å²) >= 11 is 0. The lowest BCUT2D eigenvalue weighted by Crippen LogP contribution is -2.08. The van der Waals surface area contributed by atoms with E-state index in [9.17, 15) is 0 Å². The highest BCUT2D eigenvalue weighted by molar-refractivity contribution is 5.39. The van der Waals surface area contributed by atoms with Gasteiger partial charge in [0.1, 0.15) is 6.61 Å². The summed E-state index contributed by atoms with van der Waals surface area (Å²) in [7, 11) is 0. The molecule has 2 rings (SSSR count). The van der Waals surface area contributed by atoms with E-state index in [4.69, 9.17) is 15.2 Å². The molecule has 112 valence electrons. The molecule has 0 saturated heterocycles. The van der Waals surface area contributed by atoms with Crippen molar-refractivity contribution in [3.8, 4) is 11.5 Å². The molecule has 0 radical (unpaired) electrons. The zero-order valence-electron chi connectivity index (χ0n) is 12.7. The molecule has 0 aliphatic heterocycles. The molecule has 0 aliphatic carbocycles. The molecular weight excluding hydrogens is 262 g/mol. The fourth-order valence-electron chi connectivity index (χ4n) is 2.08. The Bertz CT molecular complexity index is 551. The summed E-state index contributed by atoms with van der Waals surface area (Å²) in [6.07, 6.45) is 0. The van der Waals surface area contributed by atoms with E-state index in [1.54, 1.807) is 0 Å². The third kappa shape index (κ3) is 4.23. The molecule has 0 heterocycles. The maximum Gasteiger partial charge on any atom is 0.161 e. The van der Waals surface area contributed by atoms with Gasteiger partial charge in [0.25, 0.3) is 0 Å². The summed E-state index contributed by atoms with van der Waals surface area (Å²) in [5.41, 5.74) is 8.08. The molecule has 0 saturated carbocycles. The van der Waals surface area contributed by atoms with Gasteiger partial charge in [-0.2, -0.15) is 0 Å². The molecule has 0 amide bonds. The molecule has 2 aromatic rings. The smallest absolute Gasteiger partial charge is 0.161 e. The lowest BCUT2D eigenvalue weighted by molar-refractivity contribution is 0.269. The Balaban J connectivity index is 2.00. The molecule has 0 bridgehead atoms. The lowest BCUT2D eigenvalue weighted by Gasteiger charge is -2.13. The first-order chi connectivity index (χ1) is 10.2. The van der Waals surface area contributed by atoms with Crippen molar-refractivity contribution in [1.82, 2.24) is 0 Å². The average molecular weight is 285 g/mol. The fourth-order valence-corrected chi connectivity index (χ4v) is 2.08. The monoisotopic (exact) mass is 285 g/mol. The molecule has 2 N–H and O–H groups in total. The minimum Gasteiger partial charge on any atom is -0.490 e. The van der Waals surface area contributed by atoms with Gasteiger partial charge in [0, 0.05) is 0 Å². The van der Waals surface area contributed by atoms with E-state index in [1.807, 2.05) is 31.2 Å². The van der Waals surface area contributed by atoms with Crippen molar-refractivity contribution in [2.75, 3.05) is 13.2 Å². The predicted octanol–water partition coefficient (Wildman–Crippen LogP) is 3.73. The summed E-state index contributed by atoms with van der Waals surface area (Å²) < 4.78 is 11.4.